The van der Waals surface area contributed by atoms with E-state index in [-0.39, 0.29) is 28.6 Å². The van der Waals surface area contributed by atoms with E-state index in [0.29, 0.717) is 22.7 Å². The summed E-state index contributed by atoms with van der Waals surface area (Å²) in [6, 6.07) is 13.9. The number of benzene rings is 2. The standard InChI is InChI=1S/C23H18ClN3O6/c1-13-9-20-25-15(11-21(28)27(20)33-13)12-32-23(30)14-7-8-17(24)18(10-14)26-22(29)16-5-3-4-6-19(16)31-2/h3-11H,12H2,1-2H3,(H,26,29). The molecular weight excluding hydrogens is 450 g/mol. The van der Waals surface area contributed by atoms with Gasteiger partial charge < -0.3 is 19.3 Å². The first kappa shape index (κ1) is 22.1. The molecule has 0 bridgehead atoms. The fourth-order valence-corrected chi connectivity index (χ4v) is 3.31. The first-order valence-corrected chi connectivity index (χ1v) is 10.1. The number of anilines is 1. The third kappa shape index (κ3) is 4.73. The molecule has 0 fully saturated rings. The number of nitrogens with one attached hydrogen (secondary N) is 1. The Morgan fingerprint density at radius 2 is 1.94 bits per heavy atom. The fourth-order valence-electron chi connectivity index (χ4n) is 3.14. The minimum absolute atomic E-state index is 0.159. The molecule has 0 saturated carbocycles. The number of esters is 1. The molecular formula is C23H18ClN3O6. The van der Waals surface area contributed by atoms with Gasteiger partial charge in [0.25, 0.3) is 11.5 Å². The first-order valence-electron chi connectivity index (χ1n) is 9.76. The number of rotatable bonds is 6. The smallest absolute Gasteiger partial charge is 0.338 e. The minimum Gasteiger partial charge on any atom is -0.496 e. The summed E-state index contributed by atoms with van der Waals surface area (Å²) in [4.78, 5) is 41.6. The zero-order valence-electron chi connectivity index (χ0n) is 17.6. The Balaban J connectivity index is 1.49. The number of nitrogens with zero attached hydrogens (tertiary/aromatic N) is 2. The highest BCUT2D eigenvalue weighted by Gasteiger charge is 2.16. The SMILES string of the molecule is COc1ccccc1C(=O)Nc1cc(C(=O)OCc2cc(=O)n3oc(C)cc3n2)ccc1Cl. The third-order valence-electron chi connectivity index (χ3n) is 4.68. The van der Waals surface area contributed by atoms with E-state index in [1.807, 2.05) is 0 Å². The lowest BCUT2D eigenvalue weighted by Gasteiger charge is -2.11. The molecule has 33 heavy (non-hydrogen) atoms. The Labute approximate surface area is 192 Å². The summed E-state index contributed by atoms with van der Waals surface area (Å²) in [5, 5.41) is 2.92. The molecule has 4 rings (SSSR count). The number of carbonyl (C=O) groups excluding carboxylic acids is 2. The zero-order chi connectivity index (χ0) is 23.5. The number of amides is 1. The average Bonchev–Trinajstić information content (AvgIpc) is 3.19. The van der Waals surface area contributed by atoms with Crippen molar-refractivity contribution >= 4 is 34.8 Å². The number of aryl methyl sites for hydroxylation is 1. The van der Waals surface area contributed by atoms with Gasteiger partial charge in [0.05, 0.1) is 34.6 Å². The molecule has 4 aromatic rings. The lowest BCUT2D eigenvalue weighted by Crippen LogP contribution is -2.15. The quantitative estimate of drug-likeness (QED) is 0.428. The van der Waals surface area contributed by atoms with Crippen LogP contribution in [-0.4, -0.2) is 28.5 Å². The van der Waals surface area contributed by atoms with Crippen LogP contribution in [0.15, 0.2) is 63.9 Å². The zero-order valence-corrected chi connectivity index (χ0v) is 18.4. The Morgan fingerprint density at radius 3 is 2.73 bits per heavy atom. The van der Waals surface area contributed by atoms with E-state index in [1.54, 1.807) is 37.3 Å². The topological polar surface area (TPSA) is 112 Å². The van der Waals surface area contributed by atoms with Crippen molar-refractivity contribution in [2.24, 2.45) is 0 Å². The van der Waals surface area contributed by atoms with Gasteiger partial charge in [-0.15, -0.1) is 4.57 Å². The van der Waals surface area contributed by atoms with Crippen LogP contribution < -0.4 is 15.6 Å². The van der Waals surface area contributed by atoms with Crippen molar-refractivity contribution in [3.63, 3.8) is 0 Å². The normalized spacial score (nSPS) is 10.8. The molecule has 9 nitrogen and oxygen atoms in total. The van der Waals surface area contributed by atoms with Crippen molar-refractivity contribution in [1.82, 2.24) is 9.56 Å². The van der Waals surface area contributed by atoms with Crippen molar-refractivity contribution in [2.75, 3.05) is 12.4 Å². The van der Waals surface area contributed by atoms with Crippen molar-refractivity contribution < 1.29 is 23.6 Å². The molecule has 0 spiro atoms. The molecule has 0 aliphatic carbocycles. The van der Waals surface area contributed by atoms with Crippen molar-refractivity contribution in [1.29, 1.82) is 0 Å². The molecule has 0 aliphatic heterocycles. The monoisotopic (exact) mass is 467 g/mol. The van der Waals surface area contributed by atoms with Gasteiger partial charge in [-0.25, -0.2) is 9.78 Å². The molecule has 168 valence electrons. The van der Waals surface area contributed by atoms with Gasteiger partial charge in [-0.1, -0.05) is 23.7 Å². The van der Waals surface area contributed by atoms with Crippen LogP contribution in [0.4, 0.5) is 5.69 Å². The molecule has 0 saturated heterocycles. The summed E-state index contributed by atoms with van der Waals surface area (Å²) in [6.45, 7) is 1.47. The molecule has 0 unspecified atom stereocenters. The summed E-state index contributed by atoms with van der Waals surface area (Å²) in [5.41, 5.74) is 0.866. The Kier molecular flexibility index (Phi) is 6.14. The highest BCUT2D eigenvalue weighted by Crippen LogP contribution is 2.26. The summed E-state index contributed by atoms with van der Waals surface area (Å²) < 4.78 is 16.8. The van der Waals surface area contributed by atoms with Crippen LogP contribution in [0.2, 0.25) is 5.02 Å². The van der Waals surface area contributed by atoms with Gasteiger partial charge in [0.1, 0.15) is 18.1 Å². The molecule has 2 heterocycles. The molecule has 0 aliphatic rings. The van der Waals surface area contributed by atoms with Crippen molar-refractivity contribution in [3.05, 3.63) is 92.6 Å². The maximum absolute atomic E-state index is 12.7. The van der Waals surface area contributed by atoms with Crippen molar-refractivity contribution in [2.45, 2.75) is 13.5 Å². The van der Waals surface area contributed by atoms with Gasteiger partial charge in [0.2, 0.25) is 0 Å². The Bertz CT molecular complexity index is 1430. The lowest BCUT2D eigenvalue weighted by atomic mass is 10.1. The molecule has 1 N–H and O–H groups in total. The van der Waals surface area contributed by atoms with Crippen LogP contribution in [-0.2, 0) is 11.3 Å². The van der Waals surface area contributed by atoms with Crippen LogP contribution in [0.1, 0.15) is 32.2 Å². The van der Waals surface area contributed by atoms with Gasteiger partial charge in [-0.3, -0.25) is 9.59 Å². The van der Waals surface area contributed by atoms with E-state index < -0.39 is 17.4 Å². The second kappa shape index (κ2) is 9.17. The number of para-hydroxylation sites is 1. The van der Waals surface area contributed by atoms with E-state index in [2.05, 4.69) is 10.3 Å². The first-order chi connectivity index (χ1) is 15.9. The number of carbonyl (C=O) groups is 2. The third-order valence-corrected chi connectivity index (χ3v) is 5.01. The summed E-state index contributed by atoms with van der Waals surface area (Å²) in [7, 11) is 1.46. The van der Waals surface area contributed by atoms with Crippen LogP contribution in [0.5, 0.6) is 5.75 Å². The van der Waals surface area contributed by atoms with Gasteiger partial charge in [0, 0.05) is 12.1 Å². The molecule has 10 heteroatoms. The average molecular weight is 468 g/mol. The molecule has 0 atom stereocenters. The summed E-state index contributed by atoms with van der Waals surface area (Å²) in [5.74, 6) is -0.203. The van der Waals surface area contributed by atoms with Crippen LogP contribution in [0.25, 0.3) is 5.65 Å². The molecule has 0 radical (unpaired) electrons. The molecule has 1 amide bonds. The second-order valence-electron chi connectivity index (χ2n) is 7.01. The fraction of sp³-hybridized carbons (Fsp3) is 0.130. The van der Waals surface area contributed by atoms with Crippen molar-refractivity contribution in [3.8, 4) is 5.75 Å². The Morgan fingerprint density at radius 1 is 1.15 bits per heavy atom. The summed E-state index contributed by atoms with van der Waals surface area (Å²) >= 11 is 6.20. The predicted octanol–water partition coefficient (Wildman–Crippen LogP) is 3.87. The van der Waals surface area contributed by atoms with Crippen LogP contribution in [0.3, 0.4) is 0 Å². The second-order valence-corrected chi connectivity index (χ2v) is 7.42. The maximum Gasteiger partial charge on any atom is 0.338 e. The number of methoxy groups -OCH3 is 1. The van der Waals surface area contributed by atoms with Gasteiger partial charge >= 0.3 is 5.97 Å². The van der Waals surface area contributed by atoms with E-state index in [0.717, 1.165) is 4.57 Å². The van der Waals surface area contributed by atoms with Crippen LogP contribution >= 0.6 is 11.6 Å². The maximum atomic E-state index is 12.7. The molecule has 2 aromatic heterocycles. The number of halogens is 1. The van der Waals surface area contributed by atoms with E-state index in [4.69, 9.17) is 25.6 Å². The Hall–Kier alpha value is -4.11. The van der Waals surface area contributed by atoms with Gasteiger partial charge in [-0.05, 0) is 37.3 Å². The van der Waals surface area contributed by atoms with Crippen LogP contribution in [0, 0.1) is 6.92 Å². The number of fused-ring (bicyclic) bond motifs is 1. The largest absolute Gasteiger partial charge is 0.496 e. The van der Waals surface area contributed by atoms with Gasteiger partial charge in [0.15, 0.2) is 5.65 Å². The predicted molar refractivity (Wildman–Crippen MR) is 120 cm³/mol. The number of hydrogen-bond donors (Lipinski definition) is 1. The lowest BCUT2D eigenvalue weighted by molar-refractivity contribution is 0.0467. The van der Waals surface area contributed by atoms with E-state index in [1.165, 1.54) is 31.4 Å². The number of ether oxygens (including phenoxy) is 2. The number of aromatic nitrogens is 2. The highest BCUT2D eigenvalue weighted by molar-refractivity contribution is 6.34. The summed E-state index contributed by atoms with van der Waals surface area (Å²) in [6.07, 6.45) is 0. The van der Waals surface area contributed by atoms with Gasteiger partial charge in [-0.2, -0.15) is 0 Å². The number of hydrogen-bond acceptors (Lipinski definition) is 7. The molecule has 2 aromatic carbocycles. The highest BCUT2D eigenvalue weighted by atomic mass is 35.5. The van der Waals surface area contributed by atoms with E-state index in [9.17, 15) is 14.4 Å². The van der Waals surface area contributed by atoms with E-state index >= 15 is 0 Å². The minimum atomic E-state index is -0.676.